The van der Waals surface area contributed by atoms with Crippen molar-refractivity contribution in [2.45, 2.75) is 59.6 Å². The van der Waals surface area contributed by atoms with Crippen molar-refractivity contribution in [2.75, 3.05) is 13.1 Å². The van der Waals surface area contributed by atoms with Crippen LogP contribution in [-0.4, -0.2) is 29.1 Å². The molecular weight excluding hydrogens is 258 g/mol. The Balaban J connectivity index is 2.92. The lowest BCUT2D eigenvalue weighted by Crippen LogP contribution is -2.45. The summed E-state index contributed by atoms with van der Waals surface area (Å²) in [6.07, 6.45) is 2.00. The average molecular weight is 291 g/mol. The second kappa shape index (κ2) is 9.22. The number of likely N-dealkylation sites (N-methyl/N-ethyl adjacent to an activating group) is 1. The third kappa shape index (κ3) is 5.12. The van der Waals surface area contributed by atoms with Crippen LogP contribution in [0, 0.1) is 11.8 Å². The summed E-state index contributed by atoms with van der Waals surface area (Å²) in [5, 5.41) is 10.9. The Labute approximate surface area is 131 Å². The normalized spacial score (nSPS) is 14.9. The first-order chi connectivity index (χ1) is 10.0. The molecule has 2 atom stereocenters. The zero-order chi connectivity index (χ0) is 15.8. The van der Waals surface area contributed by atoms with E-state index >= 15 is 0 Å². The number of benzene rings is 1. The molecule has 0 spiro atoms. The molecule has 21 heavy (non-hydrogen) atoms. The molecule has 120 valence electrons. The molecule has 1 N–H and O–H groups in total. The van der Waals surface area contributed by atoms with Crippen molar-refractivity contribution >= 4 is 0 Å². The number of aliphatic hydroxyl groups is 1. The molecule has 0 heterocycles. The molecule has 1 aromatic carbocycles. The maximum absolute atomic E-state index is 10.9. The standard InChI is InChI=1S/C19H33NO/c1-6-16(7-2)14-20(8-3)18(15(4)5)19(21)17-12-10-9-11-13-17/h9-13,15-16,18-19,21H,6-8,14H2,1-5H3. The Bertz CT molecular complexity index is 372. The predicted molar refractivity (Wildman–Crippen MR) is 91.3 cm³/mol. The molecule has 0 aliphatic rings. The Morgan fingerprint density at radius 3 is 2.00 bits per heavy atom. The summed E-state index contributed by atoms with van der Waals surface area (Å²) in [4.78, 5) is 2.47. The highest BCUT2D eigenvalue weighted by atomic mass is 16.3. The third-order valence-electron chi connectivity index (χ3n) is 4.62. The van der Waals surface area contributed by atoms with Crippen LogP contribution in [0.2, 0.25) is 0 Å². The van der Waals surface area contributed by atoms with E-state index in [2.05, 4.69) is 39.5 Å². The van der Waals surface area contributed by atoms with E-state index in [0.717, 1.165) is 18.7 Å². The van der Waals surface area contributed by atoms with E-state index < -0.39 is 6.10 Å². The van der Waals surface area contributed by atoms with Gasteiger partial charge >= 0.3 is 0 Å². The molecule has 0 aliphatic heterocycles. The fourth-order valence-corrected chi connectivity index (χ4v) is 3.17. The summed E-state index contributed by atoms with van der Waals surface area (Å²) in [7, 11) is 0. The second-order valence-electron chi connectivity index (χ2n) is 6.36. The number of hydrogen-bond acceptors (Lipinski definition) is 2. The van der Waals surface area contributed by atoms with Crippen LogP contribution in [0.3, 0.4) is 0 Å². The van der Waals surface area contributed by atoms with Crippen LogP contribution >= 0.6 is 0 Å². The highest BCUT2D eigenvalue weighted by molar-refractivity contribution is 5.19. The molecule has 2 unspecified atom stereocenters. The minimum atomic E-state index is -0.416. The van der Waals surface area contributed by atoms with Gasteiger partial charge in [-0.1, -0.05) is 77.8 Å². The van der Waals surface area contributed by atoms with Crippen LogP contribution in [0.15, 0.2) is 30.3 Å². The maximum atomic E-state index is 10.9. The molecule has 1 aromatic rings. The highest BCUT2D eigenvalue weighted by Gasteiger charge is 2.30. The molecular formula is C19H33NO. The summed E-state index contributed by atoms with van der Waals surface area (Å²) >= 11 is 0. The van der Waals surface area contributed by atoms with E-state index in [1.165, 1.54) is 12.8 Å². The highest BCUT2D eigenvalue weighted by Crippen LogP contribution is 2.28. The van der Waals surface area contributed by atoms with Crippen LogP contribution in [0.4, 0.5) is 0 Å². The fraction of sp³-hybridized carbons (Fsp3) is 0.684. The van der Waals surface area contributed by atoms with Crippen LogP contribution in [-0.2, 0) is 0 Å². The molecule has 0 fully saturated rings. The van der Waals surface area contributed by atoms with E-state index in [9.17, 15) is 5.11 Å². The lowest BCUT2D eigenvalue weighted by molar-refractivity contribution is 0.0162. The lowest BCUT2D eigenvalue weighted by Gasteiger charge is -2.39. The predicted octanol–water partition coefficient (Wildman–Crippen LogP) is 4.50. The molecule has 0 saturated carbocycles. The summed E-state index contributed by atoms with van der Waals surface area (Å²) in [6, 6.07) is 10.3. The van der Waals surface area contributed by atoms with Crippen molar-refractivity contribution in [1.82, 2.24) is 4.90 Å². The number of aliphatic hydroxyl groups excluding tert-OH is 1. The van der Waals surface area contributed by atoms with Gasteiger partial charge in [0.25, 0.3) is 0 Å². The average Bonchev–Trinajstić information content (AvgIpc) is 2.51. The lowest BCUT2D eigenvalue weighted by atomic mass is 9.90. The molecule has 2 nitrogen and oxygen atoms in total. The molecule has 0 aliphatic carbocycles. The summed E-state index contributed by atoms with van der Waals surface area (Å²) in [5.41, 5.74) is 1.03. The largest absolute Gasteiger partial charge is 0.387 e. The fourth-order valence-electron chi connectivity index (χ4n) is 3.17. The minimum Gasteiger partial charge on any atom is -0.387 e. The number of hydrogen-bond donors (Lipinski definition) is 1. The summed E-state index contributed by atoms with van der Waals surface area (Å²) < 4.78 is 0. The van der Waals surface area contributed by atoms with Crippen molar-refractivity contribution in [3.8, 4) is 0 Å². The van der Waals surface area contributed by atoms with Gasteiger partial charge in [0.2, 0.25) is 0 Å². The smallest absolute Gasteiger partial charge is 0.0947 e. The molecule has 0 bridgehead atoms. The zero-order valence-corrected chi connectivity index (χ0v) is 14.4. The summed E-state index contributed by atoms with van der Waals surface area (Å²) in [6.45, 7) is 13.2. The Kier molecular flexibility index (Phi) is 7.98. The van der Waals surface area contributed by atoms with Gasteiger partial charge in [0.15, 0.2) is 0 Å². The van der Waals surface area contributed by atoms with Gasteiger partial charge in [-0.05, 0) is 23.9 Å². The second-order valence-corrected chi connectivity index (χ2v) is 6.36. The monoisotopic (exact) mass is 291 g/mol. The number of nitrogens with zero attached hydrogens (tertiary/aromatic N) is 1. The van der Waals surface area contributed by atoms with Crippen LogP contribution in [0.5, 0.6) is 0 Å². The van der Waals surface area contributed by atoms with Gasteiger partial charge in [0.1, 0.15) is 0 Å². The van der Waals surface area contributed by atoms with Crippen molar-refractivity contribution in [3.63, 3.8) is 0 Å². The first-order valence-electron chi connectivity index (χ1n) is 8.52. The van der Waals surface area contributed by atoms with Gasteiger partial charge in [0.05, 0.1) is 6.10 Å². The van der Waals surface area contributed by atoms with Gasteiger partial charge in [-0.15, -0.1) is 0 Å². The molecule has 0 radical (unpaired) electrons. The van der Waals surface area contributed by atoms with Crippen molar-refractivity contribution in [2.24, 2.45) is 11.8 Å². The van der Waals surface area contributed by atoms with Crippen molar-refractivity contribution < 1.29 is 5.11 Å². The quantitative estimate of drug-likeness (QED) is 0.724. The van der Waals surface area contributed by atoms with Gasteiger partial charge < -0.3 is 5.11 Å². The number of rotatable bonds is 9. The van der Waals surface area contributed by atoms with E-state index in [-0.39, 0.29) is 6.04 Å². The first kappa shape index (κ1) is 18.2. The summed E-state index contributed by atoms with van der Waals surface area (Å²) in [5.74, 6) is 1.14. The Morgan fingerprint density at radius 1 is 1.00 bits per heavy atom. The van der Waals surface area contributed by atoms with Gasteiger partial charge in [0, 0.05) is 12.6 Å². The van der Waals surface area contributed by atoms with Crippen molar-refractivity contribution in [3.05, 3.63) is 35.9 Å². The first-order valence-corrected chi connectivity index (χ1v) is 8.52. The molecule has 0 saturated heterocycles. The molecule has 2 heteroatoms. The molecule has 0 amide bonds. The van der Waals surface area contributed by atoms with Crippen LogP contribution < -0.4 is 0 Å². The Hall–Kier alpha value is -0.860. The van der Waals surface area contributed by atoms with Crippen LogP contribution in [0.25, 0.3) is 0 Å². The van der Waals surface area contributed by atoms with E-state index in [1.54, 1.807) is 0 Å². The Morgan fingerprint density at radius 2 is 1.57 bits per heavy atom. The SMILES string of the molecule is CCC(CC)CN(CC)C(C(C)C)C(O)c1ccccc1. The third-order valence-corrected chi connectivity index (χ3v) is 4.62. The van der Waals surface area contributed by atoms with Gasteiger partial charge in [-0.3, -0.25) is 4.90 Å². The topological polar surface area (TPSA) is 23.5 Å². The van der Waals surface area contributed by atoms with Gasteiger partial charge in [-0.2, -0.15) is 0 Å². The van der Waals surface area contributed by atoms with E-state index in [0.29, 0.717) is 11.8 Å². The van der Waals surface area contributed by atoms with Crippen molar-refractivity contribution in [1.29, 1.82) is 0 Å². The maximum Gasteiger partial charge on any atom is 0.0947 e. The molecule has 0 aromatic heterocycles. The van der Waals surface area contributed by atoms with Crippen LogP contribution in [0.1, 0.15) is 59.1 Å². The van der Waals surface area contributed by atoms with Gasteiger partial charge in [-0.25, -0.2) is 0 Å². The zero-order valence-electron chi connectivity index (χ0n) is 14.4. The van der Waals surface area contributed by atoms with E-state index in [1.807, 2.05) is 30.3 Å². The van der Waals surface area contributed by atoms with E-state index in [4.69, 9.17) is 0 Å². The minimum absolute atomic E-state index is 0.179. The molecule has 1 rings (SSSR count).